The number of benzene rings is 3. The summed E-state index contributed by atoms with van der Waals surface area (Å²) in [6, 6.07) is 20.8. The van der Waals surface area contributed by atoms with Crippen molar-refractivity contribution in [2.24, 2.45) is 0 Å². The standard InChI is InChI=1S/C30H27ClFN3O4/c1-18-10-12-20(13-11-18)27-25(28(36)30(38)39)26(33-35(27)24-9-5-3-7-22(24)31)29(37)34-16-14-19(15-17-34)21-6-2-4-8-23(21)32/h2-13,19,28,36H,14-17H2,1H3,(H,38,39). The molecule has 1 unspecified atom stereocenters. The molecule has 1 fully saturated rings. The van der Waals surface area contributed by atoms with E-state index in [1.807, 2.05) is 19.1 Å². The van der Waals surface area contributed by atoms with Crippen LogP contribution in [0.15, 0.2) is 72.8 Å². The van der Waals surface area contributed by atoms with E-state index in [9.17, 15) is 24.2 Å². The molecule has 0 aliphatic carbocycles. The number of para-hydroxylation sites is 1. The van der Waals surface area contributed by atoms with Gasteiger partial charge in [0.05, 0.1) is 22.0 Å². The molecule has 1 atom stereocenters. The molecule has 5 rings (SSSR count). The van der Waals surface area contributed by atoms with E-state index in [0.29, 0.717) is 47.8 Å². The van der Waals surface area contributed by atoms with Crippen LogP contribution in [0.1, 0.15) is 52.0 Å². The Kier molecular flexibility index (Phi) is 7.50. The number of carbonyl (C=O) groups is 2. The lowest BCUT2D eigenvalue weighted by Crippen LogP contribution is -2.39. The van der Waals surface area contributed by atoms with E-state index in [1.165, 1.54) is 10.7 Å². The van der Waals surface area contributed by atoms with E-state index in [-0.39, 0.29) is 28.7 Å². The predicted octanol–water partition coefficient (Wildman–Crippen LogP) is 5.78. The summed E-state index contributed by atoms with van der Waals surface area (Å²) in [5.41, 5.74) is 2.61. The fourth-order valence-electron chi connectivity index (χ4n) is 5.11. The van der Waals surface area contributed by atoms with Gasteiger partial charge in [-0.1, -0.05) is 71.8 Å². The second-order valence-electron chi connectivity index (χ2n) is 9.67. The number of carboxylic acid groups (broad SMARTS) is 1. The largest absolute Gasteiger partial charge is 0.479 e. The minimum atomic E-state index is -2.01. The highest BCUT2D eigenvalue weighted by molar-refractivity contribution is 6.32. The maximum absolute atomic E-state index is 14.4. The lowest BCUT2D eigenvalue weighted by molar-refractivity contribution is -0.146. The quantitative estimate of drug-likeness (QED) is 0.319. The molecule has 2 heterocycles. The number of piperidine rings is 1. The molecule has 200 valence electrons. The third-order valence-electron chi connectivity index (χ3n) is 7.16. The van der Waals surface area contributed by atoms with Crippen LogP contribution >= 0.6 is 11.6 Å². The molecule has 0 spiro atoms. The van der Waals surface area contributed by atoms with Crippen molar-refractivity contribution in [3.05, 3.63) is 106 Å². The maximum atomic E-state index is 14.4. The minimum absolute atomic E-state index is 0.0388. The second-order valence-corrected chi connectivity index (χ2v) is 10.1. The Morgan fingerprint density at radius 2 is 1.64 bits per heavy atom. The van der Waals surface area contributed by atoms with Gasteiger partial charge in [0, 0.05) is 18.7 Å². The predicted molar refractivity (Wildman–Crippen MR) is 146 cm³/mol. The van der Waals surface area contributed by atoms with Crippen LogP contribution in [-0.4, -0.2) is 49.9 Å². The first-order chi connectivity index (χ1) is 18.8. The average molecular weight is 548 g/mol. The number of carboxylic acids is 1. The monoisotopic (exact) mass is 547 g/mol. The van der Waals surface area contributed by atoms with E-state index in [2.05, 4.69) is 5.10 Å². The fraction of sp³-hybridized carbons (Fsp3) is 0.233. The molecule has 0 bridgehead atoms. The molecule has 7 nitrogen and oxygen atoms in total. The van der Waals surface area contributed by atoms with Crippen LogP contribution in [-0.2, 0) is 4.79 Å². The van der Waals surface area contributed by atoms with Crippen molar-refractivity contribution >= 4 is 23.5 Å². The van der Waals surface area contributed by atoms with Crippen LogP contribution in [0.3, 0.4) is 0 Å². The molecule has 0 saturated carbocycles. The number of carbonyl (C=O) groups excluding carboxylic acids is 1. The van der Waals surface area contributed by atoms with Crippen LogP contribution in [0.5, 0.6) is 0 Å². The number of hydrogen-bond acceptors (Lipinski definition) is 4. The summed E-state index contributed by atoms with van der Waals surface area (Å²) in [5, 5.41) is 25.6. The molecule has 1 aliphatic heterocycles. The Morgan fingerprint density at radius 3 is 2.28 bits per heavy atom. The highest BCUT2D eigenvalue weighted by Gasteiger charge is 2.36. The first-order valence-corrected chi connectivity index (χ1v) is 13.0. The molecular formula is C30H27ClFN3O4. The van der Waals surface area contributed by atoms with Crippen molar-refractivity contribution in [2.45, 2.75) is 31.8 Å². The number of likely N-dealkylation sites (tertiary alicyclic amines) is 1. The van der Waals surface area contributed by atoms with Gasteiger partial charge in [0.1, 0.15) is 5.82 Å². The fourth-order valence-corrected chi connectivity index (χ4v) is 5.32. The molecule has 0 radical (unpaired) electrons. The minimum Gasteiger partial charge on any atom is -0.479 e. The van der Waals surface area contributed by atoms with Gasteiger partial charge in [-0.25, -0.2) is 13.9 Å². The number of halogens is 2. The number of aliphatic hydroxyl groups is 1. The first kappa shape index (κ1) is 26.6. The Bertz CT molecular complexity index is 1530. The maximum Gasteiger partial charge on any atom is 0.337 e. The molecule has 1 saturated heterocycles. The van der Waals surface area contributed by atoms with E-state index in [1.54, 1.807) is 59.5 Å². The van der Waals surface area contributed by atoms with Crippen LogP contribution in [0.2, 0.25) is 5.02 Å². The number of hydrogen-bond donors (Lipinski definition) is 2. The van der Waals surface area contributed by atoms with E-state index >= 15 is 0 Å². The smallest absolute Gasteiger partial charge is 0.337 e. The zero-order valence-corrected chi connectivity index (χ0v) is 22.0. The third kappa shape index (κ3) is 5.17. The molecule has 3 aromatic carbocycles. The SMILES string of the molecule is Cc1ccc(-c2c(C(O)C(=O)O)c(C(=O)N3CCC(c4ccccc4F)CC3)nn2-c2ccccc2Cl)cc1. The summed E-state index contributed by atoms with van der Waals surface area (Å²) in [6.07, 6.45) is -0.925. The topological polar surface area (TPSA) is 95.7 Å². The van der Waals surface area contributed by atoms with Gasteiger partial charge in [-0.2, -0.15) is 5.10 Å². The summed E-state index contributed by atoms with van der Waals surface area (Å²) in [6.45, 7) is 2.58. The van der Waals surface area contributed by atoms with Gasteiger partial charge in [-0.05, 0) is 49.4 Å². The molecule has 1 aromatic heterocycles. The van der Waals surface area contributed by atoms with Crippen molar-refractivity contribution in [3.63, 3.8) is 0 Å². The van der Waals surface area contributed by atoms with Crippen molar-refractivity contribution < 1.29 is 24.2 Å². The molecular weight excluding hydrogens is 521 g/mol. The van der Waals surface area contributed by atoms with Crippen molar-refractivity contribution in [1.29, 1.82) is 0 Å². The second kappa shape index (κ2) is 11.0. The Morgan fingerprint density at radius 1 is 1.00 bits per heavy atom. The number of aryl methyl sites for hydroxylation is 1. The molecule has 1 amide bonds. The van der Waals surface area contributed by atoms with Crippen LogP contribution < -0.4 is 0 Å². The highest BCUT2D eigenvalue weighted by atomic mass is 35.5. The van der Waals surface area contributed by atoms with E-state index in [4.69, 9.17) is 11.6 Å². The summed E-state index contributed by atoms with van der Waals surface area (Å²) in [5.74, 6) is -2.32. The van der Waals surface area contributed by atoms with Gasteiger partial charge < -0.3 is 15.1 Å². The molecule has 2 N–H and O–H groups in total. The van der Waals surface area contributed by atoms with Crippen molar-refractivity contribution in [2.75, 3.05) is 13.1 Å². The Hall–Kier alpha value is -4.01. The lowest BCUT2D eigenvalue weighted by Gasteiger charge is -2.32. The zero-order chi connectivity index (χ0) is 27.7. The van der Waals surface area contributed by atoms with Gasteiger partial charge in [-0.3, -0.25) is 4.79 Å². The number of aliphatic hydroxyl groups excluding tert-OH is 1. The van der Waals surface area contributed by atoms with Gasteiger partial charge in [0.15, 0.2) is 11.8 Å². The van der Waals surface area contributed by atoms with Crippen molar-refractivity contribution in [1.82, 2.24) is 14.7 Å². The summed E-state index contributed by atoms with van der Waals surface area (Å²) < 4.78 is 15.8. The number of aromatic nitrogens is 2. The lowest BCUT2D eigenvalue weighted by atomic mass is 9.89. The van der Waals surface area contributed by atoms with Gasteiger partial charge in [0.2, 0.25) is 0 Å². The van der Waals surface area contributed by atoms with E-state index < -0.39 is 18.0 Å². The summed E-state index contributed by atoms with van der Waals surface area (Å²) in [7, 11) is 0. The van der Waals surface area contributed by atoms with Crippen molar-refractivity contribution in [3.8, 4) is 16.9 Å². The van der Waals surface area contributed by atoms with Crippen LogP contribution in [0.4, 0.5) is 4.39 Å². The molecule has 1 aliphatic rings. The van der Waals surface area contributed by atoms with E-state index in [0.717, 1.165) is 5.56 Å². The highest BCUT2D eigenvalue weighted by Crippen LogP contribution is 2.37. The molecule has 39 heavy (non-hydrogen) atoms. The zero-order valence-electron chi connectivity index (χ0n) is 21.2. The summed E-state index contributed by atoms with van der Waals surface area (Å²) in [4.78, 5) is 27.5. The van der Waals surface area contributed by atoms with Gasteiger partial charge in [-0.15, -0.1) is 0 Å². The van der Waals surface area contributed by atoms with Crippen LogP contribution in [0, 0.1) is 12.7 Å². The van der Waals surface area contributed by atoms with Gasteiger partial charge >= 0.3 is 5.97 Å². The Balaban J connectivity index is 1.59. The molecule has 4 aromatic rings. The normalized spacial score (nSPS) is 14.8. The van der Waals surface area contributed by atoms with Crippen LogP contribution in [0.25, 0.3) is 16.9 Å². The molecule has 9 heteroatoms. The Labute approximate surface area is 230 Å². The van der Waals surface area contributed by atoms with Gasteiger partial charge in [0.25, 0.3) is 5.91 Å². The number of nitrogens with zero attached hydrogens (tertiary/aromatic N) is 3. The average Bonchev–Trinajstić information content (AvgIpc) is 3.33. The number of rotatable bonds is 6. The summed E-state index contributed by atoms with van der Waals surface area (Å²) >= 11 is 6.50. The third-order valence-corrected chi connectivity index (χ3v) is 7.48. The number of aliphatic carboxylic acids is 1. The number of amides is 1. The first-order valence-electron chi connectivity index (χ1n) is 12.7.